The maximum Gasteiger partial charge on any atom is 0.121 e. The maximum absolute atomic E-state index is 9.89. The molecule has 0 aromatic heterocycles. The predicted molar refractivity (Wildman–Crippen MR) is 45.2 cm³/mol. The molecule has 1 unspecified atom stereocenters. The van der Waals surface area contributed by atoms with Crippen molar-refractivity contribution in [2.45, 2.75) is 33.2 Å². The van der Waals surface area contributed by atoms with Crippen molar-refractivity contribution in [2.24, 2.45) is 0 Å². The smallest absolute Gasteiger partial charge is 0.121 e. The average molecular weight is 145 g/mol. The molecule has 0 aliphatic carbocycles. The summed E-state index contributed by atoms with van der Waals surface area (Å²) in [5.74, 6) is 0. The quantitative estimate of drug-likeness (QED) is 0.562. The Bertz CT molecular complexity index is 71.7. The van der Waals surface area contributed by atoms with E-state index in [4.69, 9.17) is 0 Å². The van der Waals surface area contributed by atoms with Crippen molar-refractivity contribution < 1.29 is 4.79 Å². The predicted octanol–water partition coefficient (Wildman–Crippen LogP) is 1.55. The first-order chi connectivity index (χ1) is 4.68. The van der Waals surface area contributed by atoms with Crippen LogP contribution in [0.4, 0.5) is 0 Å². The van der Waals surface area contributed by atoms with E-state index in [-0.39, 0.29) is 0 Å². The van der Waals surface area contributed by atoms with Crippen LogP contribution in [0.2, 0.25) is 0 Å². The summed E-state index contributed by atoms with van der Waals surface area (Å²) in [5.41, 5.74) is 0. The van der Waals surface area contributed by atoms with Gasteiger partial charge in [-0.2, -0.15) is 0 Å². The van der Waals surface area contributed by atoms with Gasteiger partial charge in [0.05, 0.1) is 0 Å². The van der Waals surface area contributed by atoms with Gasteiger partial charge in [0.25, 0.3) is 0 Å². The summed E-state index contributed by atoms with van der Waals surface area (Å²) in [7, 11) is 3.93. The van der Waals surface area contributed by atoms with Crippen LogP contribution in [-0.2, 0) is 4.79 Å². The van der Waals surface area contributed by atoms with E-state index in [2.05, 4.69) is 0 Å². The summed E-state index contributed by atoms with van der Waals surface area (Å²) in [6.07, 6.45) is 1.58. The molecule has 0 amide bonds. The molecule has 0 heterocycles. The lowest BCUT2D eigenvalue weighted by atomic mass is 10.2. The van der Waals surface area contributed by atoms with Crippen molar-refractivity contribution in [2.75, 3.05) is 14.1 Å². The fraction of sp³-hybridized carbons (Fsp3) is 0.875. The van der Waals surface area contributed by atoms with Crippen molar-refractivity contribution in [1.82, 2.24) is 4.90 Å². The van der Waals surface area contributed by atoms with Gasteiger partial charge in [-0.3, -0.25) is 0 Å². The molecule has 2 nitrogen and oxygen atoms in total. The highest BCUT2D eigenvalue weighted by atomic mass is 16.1. The first kappa shape index (κ1) is 12.3. The lowest BCUT2D eigenvalue weighted by Crippen LogP contribution is -2.24. The van der Waals surface area contributed by atoms with E-state index in [0.29, 0.717) is 12.5 Å². The van der Waals surface area contributed by atoms with Crippen molar-refractivity contribution in [3.8, 4) is 0 Å². The molecule has 10 heavy (non-hydrogen) atoms. The van der Waals surface area contributed by atoms with Gasteiger partial charge in [-0.25, -0.2) is 0 Å². The Hall–Kier alpha value is -0.370. The molecular formula is C8H19NO. The Balaban J connectivity index is 0. The highest BCUT2D eigenvalue weighted by molar-refractivity contribution is 5.50. The Morgan fingerprint density at radius 1 is 1.40 bits per heavy atom. The Labute approximate surface area is 64.2 Å². The lowest BCUT2D eigenvalue weighted by molar-refractivity contribution is -0.108. The van der Waals surface area contributed by atoms with Gasteiger partial charge in [0.15, 0.2) is 0 Å². The maximum atomic E-state index is 9.89. The van der Waals surface area contributed by atoms with Crippen molar-refractivity contribution in [1.29, 1.82) is 0 Å². The molecule has 0 rings (SSSR count). The first-order valence-corrected chi connectivity index (χ1v) is 3.78. The van der Waals surface area contributed by atoms with Gasteiger partial charge in [-0.15, -0.1) is 0 Å². The van der Waals surface area contributed by atoms with Gasteiger partial charge < -0.3 is 9.69 Å². The van der Waals surface area contributed by atoms with Gasteiger partial charge in [0.2, 0.25) is 0 Å². The van der Waals surface area contributed by atoms with E-state index in [1.54, 1.807) is 0 Å². The molecule has 0 fully saturated rings. The number of hydrogen-bond donors (Lipinski definition) is 0. The van der Waals surface area contributed by atoms with E-state index < -0.39 is 0 Å². The zero-order valence-corrected chi connectivity index (χ0v) is 7.72. The summed E-state index contributed by atoms with van der Waals surface area (Å²) in [4.78, 5) is 11.9. The van der Waals surface area contributed by atoms with Crippen molar-refractivity contribution >= 4 is 6.29 Å². The van der Waals surface area contributed by atoms with E-state index in [0.717, 1.165) is 6.29 Å². The van der Waals surface area contributed by atoms with Crippen molar-refractivity contribution in [3.63, 3.8) is 0 Å². The van der Waals surface area contributed by atoms with E-state index in [1.807, 2.05) is 39.8 Å². The monoisotopic (exact) mass is 145 g/mol. The molecule has 0 aliphatic rings. The number of rotatable bonds is 3. The summed E-state index contributed by atoms with van der Waals surface area (Å²) in [6, 6.07) is 0.382. The molecule has 0 spiro atoms. The minimum atomic E-state index is 0.382. The molecule has 0 bridgehead atoms. The third kappa shape index (κ3) is 7.63. The van der Waals surface area contributed by atoms with Crippen LogP contribution in [0.15, 0.2) is 0 Å². The summed E-state index contributed by atoms with van der Waals surface area (Å²) in [5, 5.41) is 0. The van der Waals surface area contributed by atoms with Crippen LogP contribution < -0.4 is 0 Å². The van der Waals surface area contributed by atoms with Gasteiger partial charge in [0.1, 0.15) is 6.29 Å². The second-order valence-corrected chi connectivity index (χ2v) is 2.22. The lowest BCUT2D eigenvalue weighted by Gasteiger charge is -2.15. The molecule has 2 heteroatoms. The molecule has 0 aliphatic heterocycles. The molecule has 0 saturated heterocycles. The minimum absolute atomic E-state index is 0.382. The summed E-state index contributed by atoms with van der Waals surface area (Å²) >= 11 is 0. The SMILES string of the molecule is CC.CC(CC=O)N(C)C. The van der Waals surface area contributed by atoms with Gasteiger partial charge in [-0.05, 0) is 21.0 Å². The number of aldehydes is 1. The fourth-order valence-corrected chi connectivity index (χ4v) is 0.350. The van der Waals surface area contributed by atoms with Crippen LogP contribution in [0.5, 0.6) is 0 Å². The fourth-order valence-electron chi connectivity index (χ4n) is 0.350. The average Bonchev–Trinajstić information content (AvgIpc) is 1.93. The number of hydrogen-bond acceptors (Lipinski definition) is 2. The second-order valence-electron chi connectivity index (χ2n) is 2.22. The van der Waals surface area contributed by atoms with Crippen LogP contribution in [-0.4, -0.2) is 31.3 Å². The molecule has 0 radical (unpaired) electrons. The summed E-state index contributed by atoms with van der Waals surface area (Å²) < 4.78 is 0. The Kier molecular flexibility index (Phi) is 10.6. The third-order valence-electron chi connectivity index (χ3n) is 1.32. The molecule has 62 valence electrons. The normalized spacial score (nSPS) is 11.8. The first-order valence-electron chi connectivity index (χ1n) is 3.78. The van der Waals surface area contributed by atoms with Crippen molar-refractivity contribution in [3.05, 3.63) is 0 Å². The number of carbonyl (C=O) groups is 1. The molecule has 0 saturated carbocycles. The molecule has 0 N–H and O–H groups in total. The van der Waals surface area contributed by atoms with Gasteiger partial charge in [-0.1, -0.05) is 13.8 Å². The largest absolute Gasteiger partial charge is 0.306 e. The number of carbonyl (C=O) groups excluding carboxylic acids is 1. The Morgan fingerprint density at radius 3 is 1.90 bits per heavy atom. The third-order valence-corrected chi connectivity index (χ3v) is 1.32. The standard InChI is InChI=1S/C6H13NO.C2H6/c1-6(4-5-8)7(2)3;1-2/h5-6H,4H2,1-3H3;1-2H3. The second kappa shape index (κ2) is 8.63. The molecule has 0 aromatic carbocycles. The van der Waals surface area contributed by atoms with Crippen LogP contribution in [0.1, 0.15) is 27.2 Å². The molecule has 0 aromatic rings. The zero-order chi connectivity index (χ0) is 8.57. The van der Waals surface area contributed by atoms with Crippen LogP contribution >= 0.6 is 0 Å². The highest BCUT2D eigenvalue weighted by Gasteiger charge is 2.00. The zero-order valence-electron chi connectivity index (χ0n) is 7.72. The topological polar surface area (TPSA) is 20.3 Å². The molecular weight excluding hydrogens is 126 g/mol. The Morgan fingerprint density at radius 2 is 1.80 bits per heavy atom. The highest BCUT2D eigenvalue weighted by Crippen LogP contribution is 1.92. The van der Waals surface area contributed by atoms with Crippen LogP contribution in [0, 0.1) is 0 Å². The van der Waals surface area contributed by atoms with E-state index >= 15 is 0 Å². The minimum Gasteiger partial charge on any atom is -0.306 e. The van der Waals surface area contributed by atoms with E-state index in [1.165, 1.54) is 0 Å². The number of nitrogens with zero attached hydrogens (tertiary/aromatic N) is 1. The van der Waals surface area contributed by atoms with E-state index in [9.17, 15) is 4.79 Å². The summed E-state index contributed by atoms with van der Waals surface area (Å²) in [6.45, 7) is 6.02. The van der Waals surface area contributed by atoms with Crippen LogP contribution in [0.3, 0.4) is 0 Å². The molecule has 1 atom stereocenters. The van der Waals surface area contributed by atoms with Gasteiger partial charge >= 0.3 is 0 Å². The van der Waals surface area contributed by atoms with Crippen LogP contribution in [0.25, 0.3) is 0 Å². The van der Waals surface area contributed by atoms with Gasteiger partial charge in [0, 0.05) is 12.5 Å².